The van der Waals surface area contributed by atoms with Gasteiger partial charge in [0.25, 0.3) is 0 Å². The molecular formula is C11H11N5O. The Morgan fingerprint density at radius 3 is 3.18 bits per heavy atom. The van der Waals surface area contributed by atoms with E-state index in [9.17, 15) is 0 Å². The Hall–Kier alpha value is -2.50. The van der Waals surface area contributed by atoms with Crippen molar-refractivity contribution in [2.45, 2.75) is 6.54 Å². The molecule has 3 heterocycles. The van der Waals surface area contributed by atoms with Crippen LogP contribution < -0.4 is 11.1 Å². The van der Waals surface area contributed by atoms with Crippen LogP contribution in [0.1, 0.15) is 5.56 Å². The molecule has 0 amide bonds. The number of nitrogens with zero attached hydrogens (tertiary/aromatic N) is 2. The van der Waals surface area contributed by atoms with Gasteiger partial charge in [0.1, 0.15) is 17.2 Å². The molecule has 0 saturated heterocycles. The summed E-state index contributed by atoms with van der Waals surface area (Å²) in [4.78, 5) is 4.27. The number of nitrogens with two attached hydrogens (primary N) is 1. The second kappa shape index (κ2) is 3.82. The zero-order valence-corrected chi connectivity index (χ0v) is 8.97. The van der Waals surface area contributed by atoms with Crippen molar-refractivity contribution in [2.24, 2.45) is 0 Å². The summed E-state index contributed by atoms with van der Waals surface area (Å²) in [6, 6.07) is 3.70. The third-order valence-corrected chi connectivity index (χ3v) is 2.58. The molecule has 17 heavy (non-hydrogen) atoms. The smallest absolute Gasteiger partial charge is 0.139 e. The minimum atomic E-state index is 0.567. The number of nitrogen functional groups attached to an aromatic ring is 1. The van der Waals surface area contributed by atoms with Crippen LogP contribution in [0.3, 0.4) is 0 Å². The van der Waals surface area contributed by atoms with Crippen LogP contribution in [0, 0.1) is 0 Å². The first-order valence-electron chi connectivity index (χ1n) is 5.18. The average molecular weight is 229 g/mol. The first-order valence-corrected chi connectivity index (χ1v) is 5.18. The van der Waals surface area contributed by atoms with E-state index in [0.29, 0.717) is 12.4 Å². The molecule has 3 rings (SSSR count). The highest BCUT2D eigenvalue weighted by molar-refractivity contribution is 5.87. The highest BCUT2D eigenvalue weighted by Crippen LogP contribution is 2.22. The summed E-state index contributed by atoms with van der Waals surface area (Å²) < 4.78 is 5.30. The monoisotopic (exact) mass is 229 g/mol. The lowest BCUT2D eigenvalue weighted by molar-refractivity contribution is 0.615. The molecule has 0 spiro atoms. The number of aromatic amines is 1. The SMILES string of the molecule is Nc1[nH]ncc1CNc1nccc2occc12. The van der Waals surface area contributed by atoms with Crippen molar-refractivity contribution in [1.82, 2.24) is 15.2 Å². The zero-order valence-electron chi connectivity index (χ0n) is 8.97. The molecular weight excluding hydrogens is 218 g/mol. The summed E-state index contributed by atoms with van der Waals surface area (Å²) in [5.74, 6) is 1.34. The molecule has 0 radical (unpaired) electrons. The van der Waals surface area contributed by atoms with Crippen LogP contribution in [0.15, 0.2) is 35.2 Å². The molecule has 4 N–H and O–H groups in total. The van der Waals surface area contributed by atoms with Crippen LogP contribution in [0.4, 0.5) is 11.6 Å². The fourth-order valence-corrected chi connectivity index (χ4v) is 1.68. The van der Waals surface area contributed by atoms with Crippen molar-refractivity contribution in [1.29, 1.82) is 0 Å². The summed E-state index contributed by atoms with van der Waals surface area (Å²) in [6.45, 7) is 0.569. The number of fused-ring (bicyclic) bond motifs is 1. The Morgan fingerprint density at radius 2 is 2.35 bits per heavy atom. The standard InChI is InChI=1S/C11H11N5O/c12-10-7(6-15-16-10)5-14-11-8-2-4-17-9(8)1-3-13-11/h1-4,6H,5H2,(H,13,14)(H3,12,15,16). The normalized spacial score (nSPS) is 10.8. The Balaban J connectivity index is 1.86. The van der Waals surface area contributed by atoms with Crippen molar-refractivity contribution in [3.05, 3.63) is 36.4 Å². The van der Waals surface area contributed by atoms with Gasteiger partial charge in [-0.3, -0.25) is 5.10 Å². The molecule has 0 aliphatic carbocycles. The van der Waals surface area contributed by atoms with E-state index in [-0.39, 0.29) is 0 Å². The number of rotatable bonds is 3. The van der Waals surface area contributed by atoms with Gasteiger partial charge in [-0.2, -0.15) is 5.10 Å². The summed E-state index contributed by atoms with van der Waals surface area (Å²) in [6.07, 6.45) is 5.04. The van der Waals surface area contributed by atoms with Crippen LogP contribution in [0.5, 0.6) is 0 Å². The van der Waals surface area contributed by atoms with Gasteiger partial charge in [0.2, 0.25) is 0 Å². The highest BCUT2D eigenvalue weighted by atomic mass is 16.3. The Morgan fingerprint density at radius 1 is 1.41 bits per heavy atom. The maximum atomic E-state index is 5.70. The number of nitrogens with one attached hydrogen (secondary N) is 2. The minimum absolute atomic E-state index is 0.567. The van der Waals surface area contributed by atoms with Crippen LogP contribution in [0.2, 0.25) is 0 Å². The predicted octanol–water partition coefficient (Wildman–Crippen LogP) is 1.75. The van der Waals surface area contributed by atoms with E-state index in [1.54, 1.807) is 18.7 Å². The van der Waals surface area contributed by atoms with E-state index in [0.717, 1.165) is 22.4 Å². The van der Waals surface area contributed by atoms with E-state index in [1.165, 1.54) is 0 Å². The maximum absolute atomic E-state index is 5.70. The molecule has 3 aromatic rings. The van der Waals surface area contributed by atoms with Crippen LogP contribution in [-0.4, -0.2) is 15.2 Å². The number of furan rings is 1. The number of anilines is 2. The van der Waals surface area contributed by atoms with Crippen molar-refractivity contribution >= 4 is 22.6 Å². The number of pyridine rings is 1. The zero-order chi connectivity index (χ0) is 11.7. The fourth-order valence-electron chi connectivity index (χ4n) is 1.68. The molecule has 0 unspecified atom stereocenters. The van der Waals surface area contributed by atoms with E-state index >= 15 is 0 Å². The van der Waals surface area contributed by atoms with Crippen molar-refractivity contribution < 1.29 is 4.42 Å². The first kappa shape index (κ1) is 9.71. The van der Waals surface area contributed by atoms with Crippen LogP contribution >= 0.6 is 0 Å². The van der Waals surface area contributed by atoms with Crippen molar-refractivity contribution in [3.8, 4) is 0 Å². The van der Waals surface area contributed by atoms with Crippen LogP contribution in [-0.2, 0) is 6.54 Å². The molecule has 86 valence electrons. The van der Waals surface area contributed by atoms with E-state index < -0.39 is 0 Å². The lowest BCUT2D eigenvalue weighted by Crippen LogP contribution is -2.02. The predicted molar refractivity (Wildman–Crippen MR) is 64.3 cm³/mol. The molecule has 0 aliphatic heterocycles. The summed E-state index contributed by atoms with van der Waals surface area (Å²) in [5.41, 5.74) is 7.42. The molecule has 0 fully saturated rings. The maximum Gasteiger partial charge on any atom is 0.139 e. The van der Waals surface area contributed by atoms with Gasteiger partial charge in [-0.25, -0.2) is 4.98 Å². The molecule has 6 nitrogen and oxygen atoms in total. The van der Waals surface area contributed by atoms with Crippen molar-refractivity contribution in [2.75, 3.05) is 11.1 Å². The number of H-pyrrole nitrogens is 1. The second-order valence-electron chi connectivity index (χ2n) is 3.65. The quantitative estimate of drug-likeness (QED) is 0.636. The molecule has 0 aromatic carbocycles. The largest absolute Gasteiger partial charge is 0.464 e. The van der Waals surface area contributed by atoms with Crippen molar-refractivity contribution in [3.63, 3.8) is 0 Å². The fraction of sp³-hybridized carbons (Fsp3) is 0.0909. The topological polar surface area (TPSA) is 92.8 Å². The Kier molecular flexibility index (Phi) is 2.18. The molecule has 0 saturated carbocycles. The van der Waals surface area contributed by atoms with Gasteiger partial charge in [0.05, 0.1) is 17.8 Å². The summed E-state index contributed by atoms with van der Waals surface area (Å²) in [7, 11) is 0. The lowest BCUT2D eigenvalue weighted by atomic mass is 10.3. The van der Waals surface area contributed by atoms with E-state index in [2.05, 4.69) is 20.5 Å². The summed E-state index contributed by atoms with van der Waals surface area (Å²) in [5, 5.41) is 10.7. The molecule has 0 bridgehead atoms. The van der Waals surface area contributed by atoms with Gasteiger partial charge in [0.15, 0.2) is 0 Å². The summed E-state index contributed by atoms with van der Waals surface area (Å²) >= 11 is 0. The van der Waals surface area contributed by atoms with E-state index in [4.69, 9.17) is 10.2 Å². The Labute approximate surface area is 96.8 Å². The van der Waals surface area contributed by atoms with Crippen LogP contribution in [0.25, 0.3) is 11.0 Å². The van der Waals surface area contributed by atoms with Gasteiger partial charge in [-0.05, 0) is 12.1 Å². The third-order valence-electron chi connectivity index (χ3n) is 2.58. The van der Waals surface area contributed by atoms with E-state index in [1.807, 2.05) is 12.1 Å². The van der Waals surface area contributed by atoms with Gasteiger partial charge in [-0.15, -0.1) is 0 Å². The number of hydrogen-bond donors (Lipinski definition) is 3. The average Bonchev–Trinajstić information content (AvgIpc) is 2.95. The molecule has 0 atom stereocenters. The van der Waals surface area contributed by atoms with Gasteiger partial charge in [-0.1, -0.05) is 0 Å². The molecule has 3 aromatic heterocycles. The third kappa shape index (κ3) is 1.69. The number of hydrogen-bond acceptors (Lipinski definition) is 5. The molecule has 0 aliphatic rings. The molecule has 6 heteroatoms. The van der Waals surface area contributed by atoms with Gasteiger partial charge in [0, 0.05) is 18.3 Å². The lowest BCUT2D eigenvalue weighted by Gasteiger charge is -2.05. The Bertz CT molecular complexity index is 642. The van der Waals surface area contributed by atoms with Gasteiger partial charge >= 0.3 is 0 Å². The highest BCUT2D eigenvalue weighted by Gasteiger charge is 2.06. The minimum Gasteiger partial charge on any atom is -0.464 e. The number of aromatic nitrogens is 3. The first-order chi connectivity index (χ1) is 8.34. The second-order valence-corrected chi connectivity index (χ2v) is 3.65. The van der Waals surface area contributed by atoms with Gasteiger partial charge < -0.3 is 15.5 Å².